The number of primary amides is 1. The Labute approximate surface area is 152 Å². The molecule has 3 rings (SSSR count). The van der Waals surface area contributed by atoms with Crippen molar-refractivity contribution in [2.24, 2.45) is 5.73 Å². The number of amides is 2. The summed E-state index contributed by atoms with van der Waals surface area (Å²) in [4.78, 5) is 24.8. The molecule has 1 aliphatic heterocycles. The number of rotatable bonds is 4. The predicted octanol–water partition coefficient (Wildman–Crippen LogP) is 1.83. The van der Waals surface area contributed by atoms with E-state index in [-0.39, 0.29) is 24.3 Å². The highest BCUT2D eigenvalue weighted by atomic mass is 19.2. The first kappa shape index (κ1) is 18.7. The lowest BCUT2D eigenvalue weighted by molar-refractivity contribution is -0.151. The molecule has 0 atom stereocenters. The standard InChI is InChI=1S/C18H16F3N3O3/c1-9-2-5-13(12(20)6-9)23-15-10(3-4-11(19)14(15)21)16(25)24-7-18(27,8-24)17(22)26/h2-6,23,27H,7-8H2,1H3,(H2,22,26). The van der Waals surface area contributed by atoms with Crippen LogP contribution in [0.3, 0.4) is 0 Å². The molecule has 1 fully saturated rings. The molecule has 0 aliphatic carbocycles. The van der Waals surface area contributed by atoms with Crippen LogP contribution in [0.1, 0.15) is 15.9 Å². The molecule has 0 saturated carbocycles. The molecule has 27 heavy (non-hydrogen) atoms. The summed E-state index contributed by atoms with van der Waals surface area (Å²) < 4.78 is 42.1. The Hall–Kier alpha value is -3.07. The number of β-amino-alcohol motifs (C(OH)–C–C–N with tert-alkyl or cyclic N) is 1. The number of benzene rings is 2. The van der Waals surface area contributed by atoms with Crippen LogP contribution in [0.5, 0.6) is 0 Å². The molecular weight excluding hydrogens is 363 g/mol. The van der Waals surface area contributed by atoms with Crippen LogP contribution >= 0.6 is 0 Å². The number of halogens is 3. The maximum atomic E-state index is 14.3. The number of nitrogens with zero attached hydrogens (tertiary/aromatic N) is 1. The van der Waals surface area contributed by atoms with Crippen LogP contribution in [-0.2, 0) is 4.79 Å². The summed E-state index contributed by atoms with van der Waals surface area (Å²) >= 11 is 0. The van der Waals surface area contributed by atoms with E-state index in [1.165, 1.54) is 12.1 Å². The van der Waals surface area contributed by atoms with Crippen molar-refractivity contribution < 1.29 is 27.9 Å². The Kier molecular flexibility index (Phi) is 4.56. The maximum absolute atomic E-state index is 14.3. The highest BCUT2D eigenvalue weighted by Crippen LogP contribution is 2.31. The number of nitrogens with two attached hydrogens (primary N) is 1. The number of anilines is 2. The fourth-order valence-electron chi connectivity index (χ4n) is 2.76. The van der Waals surface area contributed by atoms with E-state index in [0.717, 1.165) is 17.0 Å². The molecule has 0 bridgehead atoms. The Morgan fingerprint density at radius 2 is 1.81 bits per heavy atom. The maximum Gasteiger partial charge on any atom is 0.256 e. The lowest BCUT2D eigenvalue weighted by Gasteiger charge is -2.44. The average molecular weight is 379 g/mol. The molecule has 1 heterocycles. The molecule has 9 heteroatoms. The van der Waals surface area contributed by atoms with E-state index in [2.05, 4.69) is 5.32 Å². The monoisotopic (exact) mass is 379 g/mol. The first-order valence-electron chi connectivity index (χ1n) is 7.95. The van der Waals surface area contributed by atoms with Crippen LogP contribution in [0.2, 0.25) is 0 Å². The van der Waals surface area contributed by atoms with Gasteiger partial charge in [-0.2, -0.15) is 0 Å². The topological polar surface area (TPSA) is 95.7 Å². The zero-order chi connectivity index (χ0) is 19.9. The lowest BCUT2D eigenvalue weighted by atomic mass is 9.92. The summed E-state index contributed by atoms with van der Waals surface area (Å²) in [5, 5.41) is 12.3. The number of aryl methyl sites for hydroxylation is 1. The molecule has 1 saturated heterocycles. The quantitative estimate of drug-likeness (QED) is 0.755. The van der Waals surface area contributed by atoms with Gasteiger partial charge in [-0.05, 0) is 36.8 Å². The van der Waals surface area contributed by atoms with Gasteiger partial charge >= 0.3 is 0 Å². The van der Waals surface area contributed by atoms with Crippen molar-refractivity contribution >= 4 is 23.2 Å². The Bertz CT molecular complexity index is 943. The van der Waals surface area contributed by atoms with E-state index in [9.17, 15) is 27.9 Å². The number of carbonyl (C=O) groups excluding carboxylic acids is 2. The predicted molar refractivity (Wildman–Crippen MR) is 90.8 cm³/mol. The van der Waals surface area contributed by atoms with E-state index in [1.54, 1.807) is 13.0 Å². The molecule has 4 N–H and O–H groups in total. The fourth-order valence-corrected chi connectivity index (χ4v) is 2.76. The Morgan fingerprint density at radius 1 is 1.15 bits per heavy atom. The largest absolute Gasteiger partial charge is 0.377 e. The van der Waals surface area contributed by atoms with Gasteiger partial charge in [-0.25, -0.2) is 13.2 Å². The van der Waals surface area contributed by atoms with Gasteiger partial charge in [0.25, 0.3) is 11.8 Å². The summed E-state index contributed by atoms with van der Waals surface area (Å²) in [6, 6.07) is 5.89. The summed E-state index contributed by atoms with van der Waals surface area (Å²) in [6.45, 7) is 0.908. The zero-order valence-electron chi connectivity index (χ0n) is 14.2. The molecule has 2 aromatic rings. The van der Waals surface area contributed by atoms with Gasteiger partial charge in [0.05, 0.1) is 30.0 Å². The van der Waals surface area contributed by atoms with Crippen LogP contribution in [0.4, 0.5) is 24.5 Å². The van der Waals surface area contributed by atoms with Crippen molar-refractivity contribution in [3.05, 3.63) is 58.9 Å². The highest BCUT2D eigenvalue weighted by molar-refractivity contribution is 6.02. The number of likely N-dealkylation sites (tertiary alicyclic amines) is 1. The van der Waals surface area contributed by atoms with Gasteiger partial charge in [0.2, 0.25) is 0 Å². The van der Waals surface area contributed by atoms with Crippen molar-refractivity contribution in [1.82, 2.24) is 4.90 Å². The normalized spacial score (nSPS) is 15.2. The first-order valence-corrected chi connectivity index (χ1v) is 7.95. The summed E-state index contributed by atoms with van der Waals surface area (Å²) in [5.41, 5.74) is 2.85. The van der Waals surface area contributed by atoms with Crippen molar-refractivity contribution in [3.8, 4) is 0 Å². The molecule has 142 valence electrons. The van der Waals surface area contributed by atoms with Gasteiger partial charge in [-0.1, -0.05) is 6.07 Å². The van der Waals surface area contributed by atoms with Crippen molar-refractivity contribution in [2.75, 3.05) is 18.4 Å². The van der Waals surface area contributed by atoms with Crippen molar-refractivity contribution in [1.29, 1.82) is 0 Å². The lowest BCUT2D eigenvalue weighted by Crippen LogP contribution is -2.69. The number of nitrogens with one attached hydrogen (secondary N) is 1. The third kappa shape index (κ3) is 3.33. The third-order valence-electron chi connectivity index (χ3n) is 4.36. The van der Waals surface area contributed by atoms with Crippen LogP contribution in [0.15, 0.2) is 30.3 Å². The van der Waals surface area contributed by atoms with E-state index in [4.69, 9.17) is 5.73 Å². The Balaban J connectivity index is 1.94. The molecular formula is C18H16F3N3O3. The molecule has 0 aromatic heterocycles. The molecule has 2 amide bonds. The molecule has 1 aliphatic rings. The molecule has 0 radical (unpaired) electrons. The van der Waals surface area contributed by atoms with Gasteiger partial charge in [0.15, 0.2) is 17.2 Å². The minimum Gasteiger partial charge on any atom is -0.377 e. The minimum absolute atomic E-state index is 0.142. The smallest absolute Gasteiger partial charge is 0.256 e. The highest BCUT2D eigenvalue weighted by Gasteiger charge is 2.49. The van der Waals surface area contributed by atoms with E-state index in [1.807, 2.05) is 0 Å². The number of carbonyl (C=O) groups is 2. The first-order chi connectivity index (χ1) is 12.6. The molecule has 2 aromatic carbocycles. The van der Waals surface area contributed by atoms with Gasteiger partial charge in [0, 0.05) is 0 Å². The van der Waals surface area contributed by atoms with Crippen LogP contribution in [0.25, 0.3) is 0 Å². The number of hydrogen-bond donors (Lipinski definition) is 3. The van der Waals surface area contributed by atoms with Crippen molar-refractivity contribution in [2.45, 2.75) is 12.5 Å². The van der Waals surface area contributed by atoms with Crippen LogP contribution in [0, 0.1) is 24.4 Å². The van der Waals surface area contributed by atoms with Gasteiger partial charge in [-0.15, -0.1) is 0 Å². The van der Waals surface area contributed by atoms with E-state index < -0.39 is 40.6 Å². The summed E-state index contributed by atoms with van der Waals surface area (Å²) in [7, 11) is 0. The average Bonchev–Trinajstić information content (AvgIpc) is 2.57. The second kappa shape index (κ2) is 6.58. The summed E-state index contributed by atoms with van der Waals surface area (Å²) in [6.07, 6.45) is 0. The second-order valence-corrected chi connectivity index (χ2v) is 6.45. The summed E-state index contributed by atoms with van der Waals surface area (Å²) in [5.74, 6) is -5.04. The second-order valence-electron chi connectivity index (χ2n) is 6.45. The fraction of sp³-hybridized carbons (Fsp3) is 0.222. The van der Waals surface area contributed by atoms with E-state index in [0.29, 0.717) is 5.56 Å². The van der Waals surface area contributed by atoms with Crippen molar-refractivity contribution in [3.63, 3.8) is 0 Å². The van der Waals surface area contributed by atoms with Gasteiger partial charge < -0.3 is 21.1 Å². The molecule has 0 spiro atoms. The minimum atomic E-state index is -1.86. The van der Waals surface area contributed by atoms with Gasteiger partial charge in [0.1, 0.15) is 5.82 Å². The van der Waals surface area contributed by atoms with E-state index >= 15 is 0 Å². The molecule has 6 nitrogen and oxygen atoms in total. The third-order valence-corrected chi connectivity index (χ3v) is 4.36. The zero-order valence-corrected chi connectivity index (χ0v) is 14.2. The van der Waals surface area contributed by atoms with Gasteiger partial charge in [-0.3, -0.25) is 9.59 Å². The van der Waals surface area contributed by atoms with Crippen LogP contribution < -0.4 is 11.1 Å². The SMILES string of the molecule is Cc1ccc(Nc2c(C(=O)N3CC(O)(C(N)=O)C3)ccc(F)c2F)c(F)c1. The number of aliphatic hydroxyl groups is 1. The van der Waals surface area contributed by atoms with Crippen LogP contribution in [-0.4, -0.2) is 40.5 Å². The Morgan fingerprint density at radius 3 is 2.41 bits per heavy atom. The molecule has 0 unspecified atom stereocenters. The number of hydrogen-bond acceptors (Lipinski definition) is 4.